The smallest absolute Gasteiger partial charge is 0.331 e. The molecule has 1 aromatic heterocycles. The first kappa shape index (κ1) is 14.7. The zero-order chi connectivity index (χ0) is 15.6. The number of nitrogens with two attached hydrogens (primary N) is 1. The van der Waals surface area contributed by atoms with Gasteiger partial charge < -0.3 is 10.5 Å². The number of rotatable bonds is 4. The number of nitro benzene ring substituents is 1. The van der Waals surface area contributed by atoms with Crippen LogP contribution in [0.15, 0.2) is 34.8 Å². The third kappa shape index (κ3) is 3.23. The summed E-state index contributed by atoms with van der Waals surface area (Å²) in [7, 11) is 0. The second-order valence-corrected chi connectivity index (χ2v) is 4.65. The van der Waals surface area contributed by atoms with E-state index in [0.29, 0.717) is 4.47 Å². The molecular weight excluding hydrogens is 348 g/mol. The molecule has 0 amide bonds. The Hall–Kier alpha value is -2.75. The lowest BCUT2D eigenvalue weighted by Crippen LogP contribution is -1.99. The molecular formula is C11H7BrN4O5. The lowest BCUT2D eigenvalue weighted by molar-refractivity contribution is -0.386. The van der Waals surface area contributed by atoms with Crippen molar-refractivity contribution in [2.75, 3.05) is 5.73 Å². The molecule has 0 aliphatic heterocycles. The van der Waals surface area contributed by atoms with Crippen LogP contribution < -0.4 is 10.5 Å². The van der Waals surface area contributed by atoms with Gasteiger partial charge in [-0.05, 0) is 28.1 Å². The van der Waals surface area contributed by atoms with Crippen LogP contribution in [0.25, 0.3) is 0 Å². The molecule has 0 aliphatic rings. The summed E-state index contributed by atoms with van der Waals surface area (Å²) in [5.74, 6) is -0.302. The van der Waals surface area contributed by atoms with Crippen LogP contribution in [0.5, 0.6) is 11.6 Å². The summed E-state index contributed by atoms with van der Waals surface area (Å²) in [5.41, 5.74) is 4.84. The number of nitro groups is 2. The summed E-state index contributed by atoms with van der Waals surface area (Å²) in [6.45, 7) is 0. The summed E-state index contributed by atoms with van der Waals surface area (Å²) in [4.78, 5) is 24.1. The largest absolute Gasteiger partial charge is 0.432 e. The third-order valence-electron chi connectivity index (χ3n) is 2.39. The van der Waals surface area contributed by atoms with Crippen molar-refractivity contribution in [1.82, 2.24) is 4.98 Å². The van der Waals surface area contributed by atoms with Gasteiger partial charge in [-0.25, -0.2) is 0 Å². The maximum absolute atomic E-state index is 10.9. The molecule has 0 radical (unpaired) electrons. The van der Waals surface area contributed by atoms with Gasteiger partial charge in [-0.15, -0.1) is 0 Å². The van der Waals surface area contributed by atoms with Gasteiger partial charge in [0.2, 0.25) is 0 Å². The number of hydrogen-bond acceptors (Lipinski definition) is 7. The van der Waals surface area contributed by atoms with Crippen molar-refractivity contribution in [3.8, 4) is 11.6 Å². The highest BCUT2D eigenvalue weighted by Crippen LogP contribution is 2.36. The summed E-state index contributed by atoms with van der Waals surface area (Å²) >= 11 is 3.14. The minimum Gasteiger partial charge on any atom is -0.432 e. The number of halogens is 1. The normalized spacial score (nSPS) is 10.1. The molecule has 0 saturated carbocycles. The van der Waals surface area contributed by atoms with Crippen LogP contribution in [-0.2, 0) is 0 Å². The monoisotopic (exact) mass is 354 g/mol. The molecule has 21 heavy (non-hydrogen) atoms. The Morgan fingerprint density at radius 2 is 1.86 bits per heavy atom. The van der Waals surface area contributed by atoms with E-state index in [1.54, 1.807) is 0 Å². The molecule has 0 spiro atoms. The lowest BCUT2D eigenvalue weighted by atomic mass is 10.3. The molecule has 2 aromatic rings. The van der Waals surface area contributed by atoms with Gasteiger partial charge in [0.05, 0.1) is 20.4 Å². The van der Waals surface area contributed by atoms with Gasteiger partial charge >= 0.3 is 11.6 Å². The first-order valence-corrected chi connectivity index (χ1v) is 6.20. The molecule has 0 unspecified atom stereocenters. The van der Waals surface area contributed by atoms with Gasteiger partial charge in [0.25, 0.3) is 5.69 Å². The quantitative estimate of drug-likeness (QED) is 0.658. The average molecular weight is 355 g/mol. The number of nitrogen functional groups attached to an aromatic ring is 1. The van der Waals surface area contributed by atoms with E-state index in [4.69, 9.17) is 10.5 Å². The van der Waals surface area contributed by atoms with Crippen molar-refractivity contribution >= 4 is 33.1 Å². The van der Waals surface area contributed by atoms with Crippen LogP contribution in [0.4, 0.5) is 17.2 Å². The Kier molecular flexibility index (Phi) is 3.98. The number of anilines is 1. The summed E-state index contributed by atoms with van der Waals surface area (Å²) < 4.78 is 5.67. The number of ether oxygens (including phenoxy) is 1. The molecule has 10 heteroatoms. The number of pyridine rings is 1. The maximum Gasteiger partial charge on any atom is 0.331 e. The van der Waals surface area contributed by atoms with E-state index < -0.39 is 15.5 Å². The van der Waals surface area contributed by atoms with E-state index in [-0.39, 0.29) is 23.1 Å². The Labute approximate surface area is 125 Å². The van der Waals surface area contributed by atoms with Crippen LogP contribution in [0.1, 0.15) is 0 Å². The molecule has 0 fully saturated rings. The van der Waals surface area contributed by atoms with E-state index in [9.17, 15) is 20.2 Å². The van der Waals surface area contributed by atoms with Gasteiger partial charge in [-0.3, -0.25) is 20.2 Å². The zero-order valence-electron chi connectivity index (χ0n) is 10.2. The Morgan fingerprint density at radius 3 is 2.48 bits per heavy atom. The molecule has 0 atom stereocenters. The van der Waals surface area contributed by atoms with Crippen LogP contribution in [0.2, 0.25) is 0 Å². The molecule has 2 N–H and O–H groups in total. The lowest BCUT2D eigenvalue weighted by Gasteiger charge is -2.07. The second-order valence-electron chi connectivity index (χ2n) is 3.79. The van der Waals surface area contributed by atoms with E-state index in [0.717, 1.165) is 12.1 Å². The fourth-order valence-corrected chi connectivity index (χ4v) is 1.78. The van der Waals surface area contributed by atoms with Gasteiger partial charge in [0.1, 0.15) is 5.82 Å². The fraction of sp³-hybridized carbons (Fsp3) is 0. The maximum atomic E-state index is 10.9. The molecule has 1 heterocycles. The Morgan fingerprint density at radius 1 is 1.14 bits per heavy atom. The highest BCUT2D eigenvalue weighted by atomic mass is 79.9. The number of benzene rings is 1. The molecule has 108 valence electrons. The van der Waals surface area contributed by atoms with Gasteiger partial charge in [-0.1, -0.05) is 0 Å². The van der Waals surface area contributed by atoms with Crippen LogP contribution in [-0.4, -0.2) is 14.8 Å². The Balaban J connectivity index is 2.47. The van der Waals surface area contributed by atoms with Crippen LogP contribution in [0, 0.1) is 20.2 Å². The van der Waals surface area contributed by atoms with Crippen molar-refractivity contribution in [3.63, 3.8) is 0 Å². The number of aromatic nitrogens is 1. The molecule has 0 bridgehead atoms. The van der Waals surface area contributed by atoms with Crippen molar-refractivity contribution in [3.05, 3.63) is 55.0 Å². The molecule has 0 saturated heterocycles. The summed E-state index contributed by atoms with van der Waals surface area (Å²) in [5, 5.41) is 21.6. The van der Waals surface area contributed by atoms with Crippen molar-refractivity contribution < 1.29 is 14.6 Å². The topological polar surface area (TPSA) is 134 Å². The van der Waals surface area contributed by atoms with E-state index in [1.165, 1.54) is 18.2 Å². The summed E-state index contributed by atoms with van der Waals surface area (Å²) in [6.07, 6.45) is 0. The van der Waals surface area contributed by atoms with Crippen LogP contribution >= 0.6 is 15.9 Å². The van der Waals surface area contributed by atoms with Gasteiger partial charge in [0.15, 0.2) is 5.75 Å². The predicted molar refractivity (Wildman–Crippen MR) is 76.2 cm³/mol. The molecule has 0 aliphatic carbocycles. The van der Waals surface area contributed by atoms with E-state index in [1.807, 2.05) is 0 Å². The van der Waals surface area contributed by atoms with Crippen molar-refractivity contribution in [2.24, 2.45) is 0 Å². The van der Waals surface area contributed by atoms with Crippen molar-refractivity contribution in [2.45, 2.75) is 0 Å². The number of non-ortho nitro benzene ring substituents is 1. The molecule has 1 aromatic carbocycles. The van der Waals surface area contributed by atoms with E-state index in [2.05, 4.69) is 20.9 Å². The molecule has 2 rings (SSSR count). The Bertz CT molecular complexity index is 737. The first-order chi connectivity index (χ1) is 9.88. The minimum atomic E-state index is -0.687. The second kappa shape index (κ2) is 5.71. The minimum absolute atomic E-state index is 0.0189. The van der Waals surface area contributed by atoms with Crippen molar-refractivity contribution in [1.29, 1.82) is 0 Å². The molecule has 9 nitrogen and oxygen atoms in total. The van der Waals surface area contributed by atoms with Gasteiger partial charge in [-0.2, -0.15) is 4.98 Å². The standard InChI is InChI=1S/C11H7BrN4O5/c12-7-2-1-6(15(17)18)5-9(7)21-11-8(16(19)20)3-4-10(13)14-11/h1-5H,(H2,13,14). The predicted octanol–water partition coefficient (Wildman–Crippen LogP) is 3.04. The number of nitrogens with zero attached hydrogens (tertiary/aromatic N) is 3. The summed E-state index contributed by atoms with van der Waals surface area (Å²) in [6, 6.07) is 6.18. The fourth-order valence-electron chi connectivity index (χ4n) is 1.45. The highest BCUT2D eigenvalue weighted by Gasteiger charge is 2.20. The number of hydrogen-bond donors (Lipinski definition) is 1. The van der Waals surface area contributed by atoms with Gasteiger partial charge in [0, 0.05) is 12.1 Å². The average Bonchev–Trinajstić information content (AvgIpc) is 2.40. The SMILES string of the molecule is Nc1ccc([N+](=O)[O-])c(Oc2cc([N+](=O)[O-])ccc2Br)n1. The first-order valence-electron chi connectivity index (χ1n) is 5.41. The highest BCUT2D eigenvalue weighted by molar-refractivity contribution is 9.10. The van der Waals surface area contributed by atoms with E-state index >= 15 is 0 Å². The van der Waals surface area contributed by atoms with Crippen LogP contribution in [0.3, 0.4) is 0 Å². The zero-order valence-corrected chi connectivity index (χ0v) is 11.8. The third-order valence-corrected chi connectivity index (χ3v) is 3.05.